The van der Waals surface area contributed by atoms with Gasteiger partial charge in [0, 0.05) is 40.8 Å². The van der Waals surface area contributed by atoms with Gasteiger partial charge in [-0.15, -0.1) is 24.0 Å². The summed E-state index contributed by atoms with van der Waals surface area (Å²) in [5.41, 5.74) is 0.698. The first-order valence-corrected chi connectivity index (χ1v) is 10.7. The van der Waals surface area contributed by atoms with Crippen molar-refractivity contribution in [3.05, 3.63) is 29.8 Å². The van der Waals surface area contributed by atoms with Gasteiger partial charge in [-0.05, 0) is 30.9 Å². The van der Waals surface area contributed by atoms with Crippen LogP contribution in [-0.4, -0.2) is 59.1 Å². The molecule has 1 aromatic rings. The number of aliphatic imine (C=N–C) groups is 1. The standard InChI is InChI=1S/C19H34N4O3S.HI/c1-7-26-17(15(2)3)12-13-21-19(20-4)22-14-16-10-8-9-11-18(16)27(24,25)23(5)6;/h8-11,15,17H,7,12-14H2,1-6H3,(H2,20,21,22);1H. The van der Waals surface area contributed by atoms with E-state index in [-0.39, 0.29) is 30.1 Å². The van der Waals surface area contributed by atoms with E-state index in [1.165, 1.54) is 18.4 Å². The number of halogens is 1. The lowest BCUT2D eigenvalue weighted by Crippen LogP contribution is -2.39. The Bertz CT molecular complexity index is 709. The van der Waals surface area contributed by atoms with Gasteiger partial charge < -0.3 is 15.4 Å². The van der Waals surface area contributed by atoms with Crippen LogP contribution in [0.3, 0.4) is 0 Å². The Labute approximate surface area is 187 Å². The van der Waals surface area contributed by atoms with Gasteiger partial charge in [0.25, 0.3) is 0 Å². The van der Waals surface area contributed by atoms with Crippen molar-refractivity contribution >= 4 is 40.0 Å². The van der Waals surface area contributed by atoms with Gasteiger partial charge in [-0.1, -0.05) is 32.0 Å². The van der Waals surface area contributed by atoms with Crippen molar-refractivity contribution in [2.45, 2.75) is 44.7 Å². The minimum atomic E-state index is -3.49. The predicted octanol–water partition coefficient (Wildman–Crippen LogP) is 2.67. The van der Waals surface area contributed by atoms with Crippen LogP contribution in [0.15, 0.2) is 34.2 Å². The number of sulfonamides is 1. The fraction of sp³-hybridized carbons (Fsp3) is 0.632. The van der Waals surface area contributed by atoms with Crippen LogP contribution >= 0.6 is 24.0 Å². The van der Waals surface area contributed by atoms with Crippen molar-refractivity contribution < 1.29 is 13.2 Å². The van der Waals surface area contributed by atoms with Crippen LogP contribution in [0.25, 0.3) is 0 Å². The maximum absolute atomic E-state index is 12.5. The molecule has 7 nitrogen and oxygen atoms in total. The highest BCUT2D eigenvalue weighted by Gasteiger charge is 2.20. The van der Waals surface area contributed by atoms with E-state index < -0.39 is 10.0 Å². The van der Waals surface area contributed by atoms with E-state index in [0.717, 1.165) is 13.0 Å². The Balaban J connectivity index is 0.00000729. The zero-order valence-electron chi connectivity index (χ0n) is 17.7. The molecule has 1 aromatic carbocycles. The van der Waals surface area contributed by atoms with Crippen molar-refractivity contribution in [3.8, 4) is 0 Å². The van der Waals surface area contributed by atoms with Crippen molar-refractivity contribution in [1.82, 2.24) is 14.9 Å². The normalized spacial score (nSPS) is 13.4. The van der Waals surface area contributed by atoms with E-state index in [1.54, 1.807) is 25.2 Å². The molecule has 0 saturated heterocycles. The monoisotopic (exact) mass is 526 g/mol. The third kappa shape index (κ3) is 8.22. The Kier molecular flexibility index (Phi) is 12.9. The molecule has 28 heavy (non-hydrogen) atoms. The number of guanidine groups is 1. The van der Waals surface area contributed by atoms with Crippen LogP contribution in [0.5, 0.6) is 0 Å². The van der Waals surface area contributed by atoms with Crippen LogP contribution in [0, 0.1) is 5.92 Å². The van der Waals surface area contributed by atoms with Gasteiger partial charge in [0.15, 0.2) is 5.96 Å². The summed E-state index contributed by atoms with van der Waals surface area (Å²) < 4.78 is 31.9. The topological polar surface area (TPSA) is 83.0 Å². The fourth-order valence-electron chi connectivity index (χ4n) is 2.65. The summed E-state index contributed by atoms with van der Waals surface area (Å²) in [5, 5.41) is 6.45. The highest BCUT2D eigenvalue weighted by atomic mass is 127. The molecule has 0 heterocycles. The molecule has 0 aromatic heterocycles. The molecule has 162 valence electrons. The lowest BCUT2D eigenvalue weighted by molar-refractivity contribution is 0.0258. The summed E-state index contributed by atoms with van der Waals surface area (Å²) in [6, 6.07) is 6.99. The molecule has 9 heteroatoms. The maximum atomic E-state index is 12.5. The zero-order chi connectivity index (χ0) is 20.4. The molecule has 0 radical (unpaired) electrons. The second-order valence-corrected chi connectivity index (χ2v) is 8.89. The SMILES string of the molecule is CCOC(CCNC(=NC)NCc1ccccc1S(=O)(=O)N(C)C)C(C)C.I. The lowest BCUT2D eigenvalue weighted by Gasteiger charge is -2.21. The Hall–Kier alpha value is -0.910. The minimum Gasteiger partial charge on any atom is -0.378 e. The molecule has 0 aliphatic carbocycles. The van der Waals surface area contributed by atoms with E-state index in [0.29, 0.717) is 35.5 Å². The van der Waals surface area contributed by atoms with Gasteiger partial charge in [-0.2, -0.15) is 0 Å². The Morgan fingerprint density at radius 1 is 1.21 bits per heavy atom. The minimum absolute atomic E-state index is 0. The second kappa shape index (κ2) is 13.3. The molecule has 0 saturated carbocycles. The first-order chi connectivity index (χ1) is 12.7. The molecular weight excluding hydrogens is 491 g/mol. The summed E-state index contributed by atoms with van der Waals surface area (Å²) in [7, 11) is 1.27. The third-order valence-corrected chi connectivity index (χ3v) is 6.16. The number of hydrogen-bond acceptors (Lipinski definition) is 4. The number of rotatable bonds is 10. The summed E-state index contributed by atoms with van der Waals surface area (Å²) in [4.78, 5) is 4.51. The average molecular weight is 526 g/mol. The largest absolute Gasteiger partial charge is 0.378 e. The number of benzene rings is 1. The van der Waals surface area contributed by atoms with Gasteiger partial charge in [0.2, 0.25) is 10.0 Å². The number of hydrogen-bond donors (Lipinski definition) is 2. The zero-order valence-corrected chi connectivity index (χ0v) is 20.9. The molecule has 0 fully saturated rings. The van der Waals surface area contributed by atoms with Crippen molar-refractivity contribution in [1.29, 1.82) is 0 Å². The van der Waals surface area contributed by atoms with E-state index >= 15 is 0 Å². The first-order valence-electron chi connectivity index (χ1n) is 9.30. The molecule has 1 unspecified atom stereocenters. The van der Waals surface area contributed by atoms with Crippen molar-refractivity contribution in [3.63, 3.8) is 0 Å². The number of nitrogens with one attached hydrogen (secondary N) is 2. The van der Waals surface area contributed by atoms with E-state index in [1.807, 2.05) is 13.0 Å². The highest BCUT2D eigenvalue weighted by molar-refractivity contribution is 14.0. The molecule has 2 N–H and O–H groups in total. The molecular formula is C19H35IN4O3S. The smallest absolute Gasteiger partial charge is 0.242 e. The van der Waals surface area contributed by atoms with Gasteiger partial charge in [-0.3, -0.25) is 4.99 Å². The van der Waals surface area contributed by atoms with Crippen LogP contribution in [-0.2, 0) is 21.3 Å². The predicted molar refractivity (Wildman–Crippen MR) is 126 cm³/mol. The van der Waals surface area contributed by atoms with Crippen LogP contribution in [0.1, 0.15) is 32.8 Å². The second-order valence-electron chi connectivity index (χ2n) is 6.77. The summed E-state index contributed by atoms with van der Waals surface area (Å²) in [6.45, 7) is 8.09. The summed E-state index contributed by atoms with van der Waals surface area (Å²) >= 11 is 0. The molecule has 0 amide bonds. The van der Waals surface area contributed by atoms with E-state index in [9.17, 15) is 8.42 Å². The molecule has 0 spiro atoms. The molecule has 0 aliphatic heterocycles. The van der Waals surface area contributed by atoms with Crippen LogP contribution in [0.2, 0.25) is 0 Å². The van der Waals surface area contributed by atoms with Crippen LogP contribution in [0.4, 0.5) is 0 Å². The number of nitrogens with zero attached hydrogens (tertiary/aromatic N) is 2. The summed E-state index contributed by atoms with van der Waals surface area (Å²) in [6.07, 6.45) is 1.07. The number of ether oxygens (including phenoxy) is 1. The van der Waals surface area contributed by atoms with Gasteiger partial charge in [-0.25, -0.2) is 12.7 Å². The van der Waals surface area contributed by atoms with Crippen molar-refractivity contribution in [2.75, 3.05) is 34.3 Å². The van der Waals surface area contributed by atoms with Crippen LogP contribution < -0.4 is 10.6 Å². The Morgan fingerprint density at radius 3 is 2.39 bits per heavy atom. The van der Waals surface area contributed by atoms with E-state index in [4.69, 9.17) is 4.74 Å². The lowest BCUT2D eigenvalue weighted by atomic mass is 10.0. The van der Waals surface area contributed by atoms with Gasteiger partial charge >= 0.3 is 0 Å². The Morgan fingerprint density at radius 2 is 1.86 bits per heavy atom. The molecule has 0 bridgehead atoms. The molecule has 1 atom stereocenters. The molecule has 1 rings (SSSR count). The fourth-order valence-corrected chi connectivity index (χ4v) is 3.77. The summed E-state index contributed by atoms with van der Waals surface area (Å²) in [5.74, 6) is 1.08. The van der Waals surface area contributed by atoms with Crippen molar-refractivity contribution in [2.24, 2.45) is 10.9 Å². The van der Waals surface area contributed by atoms with Gasteiger partial charge in [0.1, 0.15) is 0 Å². The van der Waals surface area contributed by atoms with Gasteiger partial charge in [0.05, 0.1) is 11.0 Å². The van der Waals surface area contributed by atoms with E-state index in [2.05, 4.69) is 29.5 Å². The quantitative estimate of drug-likeness (QED) is 0.278. The average Bonchev–Trinajstić information content (AvgIpc) is 2.63. The highest BCUT2D eigenvalue weighted by Crippen LogP contribution is 2.18. The molecule has 0 aliphatic rings. The maximum Gasteiger partial charge on any atom is 0.242 e. The third-order valence-electron chi connectivity index (χ3n) is 4.25. The first kappa shape index (κ1) is 27.1.